The minimum Gasteiger partial charge on any atom is -0.494 e. The topological polar surface area (TPSA) is 72.2 Å². The average molecular weight is 684 g/mol. The largest absolute Gasteiger partial charge is 0.494 e. The lowest BCUT2D eigenvalue weighted by Crippen LogP contribution is -2.28. The van der Waals surface area contributed by atoms with Crippen LogP contribution in [0.2, 0.25) is 0 Å². The summed E-state index contributed by atoms with van der Waals surface area (Å²) in [7, 11) is 9.70. The second-order valence-electron chi connectivity index (χ2n) is 12.7. The smallest absolute Gasteiger partial charge is 0.131 e. The Kier molecular flexibility index (Phi) is 14.0. The number of unbranched alkanes of at least 4 members (excludes halogenated alkanes) is 1. The van der Waals surface area contributed by atoms with Gasteiger partial charge in [-0.05, 0) is 109 Å². The minimum absolute atomic E-state index is 0.196. The zero-order valence-electron chi connectivity index (χ0n) is 29.3. The van der Waals surface area contributed by atoms with E-state index >= 15 is 8.78 Å². The molecule has 0 fully saturated rings. The van der Waals surface area contributed by atoms with Crippen LogP contribution in [0.25, 0.3) is 33.4 Å². The first-order valence-corrected chi connectivity index (χ1v) is 17.5. The van der Waals surface area contributed by atoms with Crippen LogP contribution in [-0.2, 0) is 24.4 Å². The van der Waals surface area contributed by atoms with Crippen LogP contribution in [0.5, 0.6) is 5.75 Å². The van der Waals surface area contributed by atoms with Gasteiger partial charge in [-0.3, -0.25) is 0 Å². The van der Waals surface area contributed by atoms with Crippen LogP contribution in [-0.4, -0.2) is 74.9 Å². The van der Waals surface area contributed by atoms with E-state index in [2.05, 4.69) is 12.1 Å². The number of rotatable bonds is 21. The third-order valence-electron chi connectivity index (χ3n) is 9.43. The molecule has 0 spiro atoms. The molecule has 0 amide bonds. The Bertz CT molecular complexity index is 1670. The minimum atomic E-state index is -0.498. The Morgan fingerprint density at radius 1 is 0.580 bits per heavy atom. The Labute approximate surface area is 296 Å². The number of hydrogen-bond donors (Lipinski definition) is 1. The molecule has 0 unspecified atom stereocenters. The summed E-state index contributed by atoms with van der Waals surface area (Å²) in [6.45, 7) is 4.44. The Hall–Kier alpha value is -3.60. The molecular weight excluding hydrogens is 635 g/mol. The van der Waals surface area contributed by atoms with Crippen molar-refractivity contribution in [3.05, 3.63) is 95.6 Å². The molecule has 0 bridgehead atoms. The maximum Gasteiger partial charge on any atom is 0.131 e. The Morgan fingerprint density at radius 2 is 1.14 bits per heavy atom. The molecule has 264 valence electrons. The maximum absolute atomic E-state index is 16.0. The summed E-state index contributed by atoms with van der Waals surface area (Å²) in [5, 5.41) is 0. The van der Waals surface area contributed by atoms with Crippen molar-refractivity contribution in [1.82, 2.24) is 0 Å². The molecule has 5 rings (SSSR count). The summed E-state index contributed by atoms with van der Waals surface area (Å²) >= 11 is 0. The first-order valence-electron chi connectivity index (χ1n) is 17.5. The molecule has 6 nitrogen and oxygen atoms in total. The zero-order chi connectivity index (χ0) is 35.3. The molecule has 0 aliphatic heterocycles. The van der Waals surface area contributed by atoms with E-state index in [1.807, 2.05) is 24.3 Å². The predicted octanol–water partition coefficient (Wildman–Crippen LogP) is 7.36. The van der Waals surface area contributed by atoms with Crippen molar-refractivity contribution in [3.63, 3.8) is 0 Å². The normalized spacial score (nSPS) is 13.0. The number of hydrogen-bond acceptors (Lipinski definition) is 6. The zero-order valence-corrected chi connectivity index (χ0v) is 29.3. The summed E-state index contributed by atoms with van der Waals surface area (Å²) < 4.78 is 59.6. The van der Waals surface area contributed by atoms with Gasteiger partial charge in [0.2, 0.25) is 0 Å². The second kappa shape index (κ2) is 18.6. The predicted molar refractivity (Wildman–Crippen MR) is 196 cm³/mol. The lowest BCUT2D eigenvalue weighted by atomic mass is 9.70. The summed E-state index contributed by atoms with van der Waals surface area (Å²) in [6, 6.07) is 21.6. The first kappa shape index (κ1) is 37.7. The molecule has 1 aliphatic carbocycles. The molecule has 2 radical (unpaired) electrons. The van der Waals surface area contributed by atoms with Crippen LogP contribution in [0.3, 0.4) is 0 Å². The number of fused-ring (bicyclic) bond motifs is 3. The van der Waals surface area contributed by atoms with Crippen molar-refractivity contribution in [2.75, 3.05) is 67.0 Å². The van der Waals surface area contributed by atoms with E-state index in [-0.39, 0.29) is 11.1 Å². The molecule has 50 heavy (non-hydrogen) atoms. The van der Waals surface area contributed by atoms with Crippen LogP contribution >= 0.6 is 0 Å². The van der Waals surface area contributed by atoms with Gasteiger partial charge in [0.05, 0.1) is 33.0 Å². The maximum atomic E-state index is 16.0. The quantitative estimate of drug-likeness (QED) is 0.0731. The van der Waals surface area contributed by atoms with Crippen LogP contribution in [0.1, 0.15) is 49.7 Å². The van der Waals surface area contributed by atoms with E-state index in [9.17, 15) is 0 Å². The van der Waals surface area contributed by atoms with E-state index in [1.54, 1.807) is 38.5 Å². The highest BCUT2D eigenvalue weighted by Crippen LogP contribution is 2.54. The van der Waals surface area contributed by atoms with Gasteiger partial charge in [-0.25, -0.2) is 8.78 Å². The number of nitrogens with two attached hydrogens (primary N) is 1. The van der Waals surface area contributed by atoms with Crippen LogP contribution in [0.4, 0.5) is 8.78 Å². The standard InChI is InChI=1S/C41H48BF2NO5/c1-46-21-23-48-18-5-15-41(16-6-19-49-24-22-47-2)37-25-30(9-13-33(37)34-14-10-31(42)26-38(34)41)36-28-39(43)35(27-40(36)44)29-7-11-32(12-8-29)50-20-4-3-17-45/h7-14,25-28H,3-6,15-24,45H2,1-2H3. The lowest BCUT2D eigenvalue weighted by molar-refractivity contribution is 0.0629. The van der Waals surface area contributed by atoms with Crippen molar-refractivity contribution in [2.24, 2.45) is 5.73 Å². The molecule has 4 aromatic carbocycles. The van der Waals surface area contributed by atoms with E-state index in [0.717, 1.165) is 60.8 Å². The third-order valence-corrected chi connectivity index (χ3v) is 9.43. The van der Waals surface area contributed by atoms with Gasteiger partial charge in [0.25, 0.3) is 0 Å². The van der Waals surface area contributed by atoms with Crippen LogP contribution in [0, 0.1) is 11.6 Å². The fourth-order valence-electron chi connectivity index (χ4n) is 6.94. The highest BCUT2D eigenvalue weighted by Gasteiger charge is 2.42. The number of benzene rings is 4. The molecule has 2 N–H and O–H groups in total. The molecule has 0 aromatic heterocycles. The molecule has 0 atom stereocenters. The Balaban J connectivity index is 1.46. The van der Waals surface area contributed by atoms with E-state index in [1.165, 1.54) is 12.1 Å². The van der Waals surface area contributed by atoms with Gasteiger partial charge in [0.15, 0.2) is 0 Å². The van der Waals surface area contributed by atoms with Crippen LogP contribution < -0.4 is 15.9 Å². The molecule has 0 saturated heterocycles. The fraction of sp³-hybridized carbons (Fsp3) is 0.415. The van der Waals surface area contributed by atoms with Crippen molar-refractivity contribution in [2.45, 2.75) is 43.9 Å². The third kappa shape index (κ3) is 9.00. The van der Waals surface area contributed by atoms with Gasteiger partial charge in [-0.15, -0.1) is 0 Å². The molecule has 0 saturated carbocycles. The van der Waals surface area contributed by atoms with Crippen LogP contribution in [0.15, 0.2) is 72.8 Å². The summed E-state index contributed by atoms with van der Waals surface area (Å²) in [6.07, 6.45) is 4.90. The molecule has 4 aromatic rings. The Morgan fingerprint density at radius 3 is 1.74 bits per heavy atom. The monoisotopic (exact) mass is 683 g/mol. The molecular formula is C41H48BF2NO5. The highest BCUT2D eigenvalue weighted by atomic mass is 19.1. The lowest BCUT2D eigenvalue weighted by Gasteiger charge is -2.33. The van der Waals surface area contributed by atoms with E-state index in [0.29, 0.717) is 75.1 Å². The second-order valence-corrected chi connectivity index (χ2v) is 12.7. The molecule has 1 aliphatic rings. The number of methoxy groups -OCH3 is 2. The van der Waals surface area contributed by atoms with Crippen molar-refractivity contribution < 1.29 is 32.5 Å². The number of halogens is 2. The van der Waals surface area contributed by atoms with Gasteiger partial charge >= 0.3 is 0 Å². The average Bonchev–Trinajstić information content (AvgIpc) is 3.38. The van der Waals surface area contributed by atoms with Crippen molar-refractivity contribution in [1.29, 1.82) is 0 Å². The van der Waals surface area contributed by atoms with Gasteiger partial charge in [-0.1, -0.05) is 47.9 Å². The number of ether oxygens (including phenoxy) is 5. The summed E-state index contributed by atoms with van der Waals surface area (Å²) in [5.41, 5.74) is 11.8. The molecule has 0 heterocycles. The summed E-state index contributed by atoms with van der Waals surface area (Å²) in [5.74, 6) is -0.315. The van der Waals surface area contributed by atoms with Gasteiger partial charge < -0.3 is 29.4 Å². The van der Waals surface area contributed by atoms with E-state index in [4.69, 9.17) is 37.3 Å². The molecule has 9 heteroatoms. The van der Waals surface area contributed by atoms with E-state index < -0.39 is 17.0 Å². The van der Waals surface area contributed by atoms with Crippen molar-refractivity contribution >= 4 is 13.3 Å². The van der Waals surface area contributed by atoms with Gasteiger partial charge in [-0.2, -0.15) is 0 Å². The highest BCUT2D eigenvalue weighted by molar-refractivity contribution is 6.32. The first-order chi connectivity index (χ1) is 24.4. The fourth-order valence-corrected chi connectivity index (χ4v) is 6.94. The summed E-state index contributed by atoms with van der Waals surface area (Å²) in [4.78, 5) is 0. The van der Waals surface area contributed by atoms with Crippen molar-refractivity contribution in [3.8, 4) is 39.1 Å². The van der Waals surface area contributed by atoms with Gasteiger partial charge in [0, 0.05) is 44.0 Å². The van der Waals surface area contributed by atoms with Gasteiger partial charge in [0.1, 0.15) is 25.2 Å². The SMILES string of the molecule is [B]c1ccc2c(c1)C(CCCOCCOC)(CCCOCCOC)c1cc(-c3cc(F)c(-c4ccc(OCCCCN)cc4)cc3F)ccc1-2.